The molecule has 14 heteroatoms. The monoisotopic (exact) mass is 462 g/mol. The van der Waals surface area contributed by atoms with E-state index in [0.29, 0.717) is 13.1 Å². The molecule has 2 aromatic heterocycles. The van der Waals surface area contributed by atoms with Crippen LogP contribution in [0.15, 0.2) is 23.2 Å². The van der Waals surface area contributed by atoms with Gasteiger partial charge in [-0.2, -0.15) is 17.9 Å². The van der Waals surface area contributed by atoms with Crippen molar-refractivity contribution in [3.63, 3.8) is 0 Å². The van der Waals surface area contributed by atoms with Crippen LogP contribution >= 0.6 is 23.2 Å². The molecule has 0 saturated heterocycles. The van der Waals surface area contributed by atoms with Gasteiger partial charge in [0.25, 0.3) is 5.91 Å². The molecule has 0 bridgehead atoms. The third-order valence-corrected chi connectivity index (χ3v) is 5.35. The van der Waals surface area contributed by atoms with Crippen molar-refractivity contribution in [2.75, 3.05) is 5.32 Å². The van der Waals surface area contributed by atoms with Gasteiger partial charge in [0.15, 0.2) is 5.82 Å². The summed E-state index contributed by atoms with van der Waals surface area (Å²) in [6.07, 6.45) is -4.19. The van der Waals surface area contributed by atoms with Crippen LogP contribution in [0.4, 0.5) is 23.2 Å². The second-order valence-electron chi connectivity index (χ2n) is 5.61. The maximum Gasteiger partial charge on any atom is 0.404 e. The lowest BCUT2D eigenvalue weighted by molar-refractivity contribution is -0.147. The first-order valence-corrected chi connectivity index (χ1v) is 9.54. The lowest BCUT2D eigenvalue weighted by Crippen LogP contribution is -2.43. The Bertz CT molecular complexity index is 1000. The number of rotatable bonds is 5. The highest BCUT2D eigenvalue weighted by atomic mass is 35.5. The topological polar surface area (TPSA) is 93.1 Å². The largest absolute Gasteiger partial charge is 0.404 e. The number of carbonyl (C=O) groups excluding carboxylic acids is 1. The van der Waals surface area contributed by atoms with E-state index < -0.39 is 44.6 Å². The molecule has 154 valence electrons. The number of halogens is 6. The summed E-state index contributed by atoms with van der Waals surface area (Å²) in [6.45, 7) is 0.558. The normalized spacial score (nSPS) is 13.4. The summed E-state index contributed by atoms with van der Waals surface area (Å²) in [7, 11) is -3.74. The van der Waals surface area contributed by atoms with Crippen LogP contribution in [0, 0.1) is 5.82 Å². The molecule has 0 aliphatic heterocycles. The van der Waals surface area contributed by atoms with Crippen molar-refractivity contribution in [3.05, 3.63) is 40.1 Å². The van der Waals surface area contributed by atoms with Crippen molar-refractivity contribution in [2.45, 2.75) is 24.0 Å². The third-order valence-electron chi connectivity index (χ3n) is 3.44. The molecule has 0 radical (unpaired) electrons. The van der Waals surface area contributed by atoms with Gasteiger partial charge in [0, 0.05) is 18.9 Å². The van der Waals surface area contributed by atoms with Crippen molar-refractivity contribution in [1.29, 1.82) is 0 Å². The molecule has 7 nitrogen and oxygen atoms in total. The van der Waals surface area contributed by atoms with Crippen LogP contribution in [0.2, 0.25) is 10.3 Å². The summed E-state index contributed by atoms with van der Waals surface area (Å²) in [5, 5.41) is 2.12. The summed E-state index contributed by atoms with van der Waals surface area (Å²) in [4.78, 5) is 14.9. The van der Waals surface area contributed by atoms with Crippen molar-refractivity contribution < 1.29 is 30.8 Å². The van der Waals surface area contributed by atoms with E-state index in [-0.39, 0.29) is 16.0 Å². The molecule has 1 amide bonds. The molecule has 0 aliphatic rings. The molecule has 1 atom stereocenters. The molecule has 28 heavy (non-hydrogen) atoms. The highest BCUT2D eigenvalue weighted by molar-refractivity contribution is 7.89. The van der Waals surface area contributed by atoms with Crippen LogP contribution < -0.4 is 10.0 Å². The number of anilines is 1. The SMILES string of the molecule is C[C@@H](NS(=O)(=O)c1cn(C)c(C(=O)Nc2cc(Cl)nc(Cl)c2)c1F)C(F)(F)F. The zero-order valence-corrected chi connectivity index (χ0v) is 16.4. The Morgan fingerprint density at radius 1 is 1.25 bits per heavy atom. The molecule has 0 fully saturated rings. The molecule has 2 aromatic rings. The van der Waals surface area contributed by atoms with Crippen LogP contribution in [0.25, 0.3) is 0 Å². The van der Waals surface area contributed by atoms with Gasteiger partial charge < -0.3 is 9.88 Å². The van der Waals surface area contributed by atoms with Gasteiger partial charge in [-0.1, -0.05) is 23.2 Å². The van der Waals surface area contributed by atoms with Gasteiger partial charge in [-0.15, -0.1) is 0 Å². The second kappa shape index (κ2) is 7.85. The number of carbonyl (C=O) groups is 1. The number of amides is 1. The van der Waals surface area contributed by atoms with Crippen molar-refractivity contribution in [2.24, 2.45) is 7.05 Å². The fourth-order valence-electron chi connectivity index (χ4n) is 2.11. The number of alkyl halides is 3. The third kappa shape index (κ3) is 4.93. The Morgan fingerprint density at radius 3 is 2.29 bits per heavy atom. The minimum absolute atomic E-state index is 0.0452. The fraction of sp³-hybridized carbons (Fsp3) is 0.286. The number of hydrogen-bond donors (Lipinski definition) is 2. The molecule has 0 spiro atoms. The van der Waals surface area contributed by atoms with Crippen molar-refractivity contribution in [1.82, 2.24) is 14.3 Å². The van der Waals surface area contributed by atoms with E-state index in [2.05, 4.69) is 10.3 Å². The smallest absolute Gasteiger partial charge is 0.343 e. The van der Waals surface area contributed by atoms with Crippen LogP contribution in [-0.2, 0) is 17.1 Å². The Labute approximate surface area is 166 Å². The lowest BCUT2D eigenvalue weighted by atomic mass is 10.3. The minimum Gasteiger partial charge on any atom is -0.343 e. The molecular weight excluding hydrogens is 451 g/mol. The number of nitrogens with one attached hydrogen (secondary N) is 2. The molecule has 2 N–H and O–H groups in total. The first kappa shape index (κ1) is 22.4. The van der Waals surface area contributed by atoms with Gasteiger partial charge in [-0.25, -0.2) is 17.8 Å². The van der Waals surface area contributed by atoms with Gasteiger partial charge in [0.1, 0.15) is 26.9 Å². The highest BCUT2D eigenvalue weighted by Crippen LogP contribution is 2.25. The predicted molar refractivity (Wildman–Crippen MR) is 93.4 cm³/mol. The molecule has 0 saturated carbocycles. The minimum atomic E-state index is -4.89. The second-order valence-corrected chi connectivity index (χ2v) is 8.06. The van der Waals surface area contributed by atoms with Gasteiger partial charge in [-0.05, 0) is 19.1 Å². The number of nitrogens with zero attached hydrogens (tertiary/aromatic N) is 2. The molecule has 0 aromatic carbocycles. The maximum absolute atomic E-state index is 14.6. The molecule has 2 rings (SSSR count). The maximum atomic E-state index is 14.6. The van der Waals surface area contributed by atoms with Gasteiger partial charge in [0.05, 0.1) is 0 Å². The Kier molecular flexibility index (Phi) is 6.28. The van der Waals surface area contributed by atoms with E-state index in [1.54, 1.807) is 0 Å². The van der Waals surface area contributed by atoms with Crippen molar-refractivity contribution >= 4 is 44.8 Å². The molecule has 2 heterocycles. The number of aromatic nitrogens is 2. The summed E-state index contributed by atoms with van der Waals surface area (Å²) in [5.74, 6) is -2.60. The van der Waals surface area contributed by atoms with Gasteiger partial charge in [-0.3, -0.25) is 4.79 Å². The standard InChI is InChI=1S/C14H12Cl2F4N4O3S/c1-6(14(18,19)20)23-28(26,27)8-5-24(2)12(11(8)17)13(25)21-7-3-9(15)22-10(16)4-7/h3-6,23H,1-2H3,(H,21,22,25)/t6-/m1/s1. The Hall–Kier alpha value is -1.89. The summed E-state index contributed by atoms with van der Waals surface area (Å²) >= 11 is 11.4. The summed E-state index contributed by atoms with van der Waals surface area (Å²) in [6, 6.07) is -0.0530. The predicted octanol–water partition coefficient (Wildman–Crippen LogP) is 3.35. The lowest BCUT2D eigenvalue weighted by Gasteiger charge is -2.16. The Morgan fingerprint density at radius 2 is 1.79 bits per heavy atom. The fourth-order valence-corrected chi connectivity index (χ4v) is 3.92. The molecular formula is C14H12Cl2F4N4O3S. The first-order chi connectivity index (χ1) is 12.7. The van der Waals surface area contributed by atoms with E-state index in [0.717, 1.165) is 11.6 Å². The van der Waals surface area contributed by atoms with Gasteiger partial charge >= 0.3 is 6.18 Å². The zero-order valence-electron chi connectivity index (χ0n) is 14.1. The van der Waals surface area contributed by atoms with Crippen LogP contribution in [-0.4, -0.2) is 36.1 Å². The quantitative estimate of drug-likeness (QED) is 0.526. The average molecular weight is 463 g/mol. The van der Waals surface area contributed by atoms with E-state index >= 15 is 0 Å². The summed E-state index contributed by atoms with van der Waals surface area (Å²) in [5.41, 5.74) is -0.687. The summed E-state index contributed by atoms with van der Waals surface area (Å²) < 4.78 is 78.7. The van der Waals surface area contributed by atoms with Gasteiger partial charge in [0.2, 0.25) is 10.0 Å². The number of aryl methyl sites for hydroxylation is 1. The number of sulfonamides is 1. The first-order valence-electron chi connectivity index (χ1n) is 7.30. The van der Waals surface area contributed by atoms with E-state index in [4.69, 9.17) is 23.2 Å². The van der Waals surface area contributed by atoms with E-state index in [1.807, 2.05) is 0 Å². The molecule has 0 aliphatic carbocycles. The molecule has 0 unspecified atom stereocenters. The van der Waals surface area contributed by atoms with Crippen LogP contribution in [0.5, 0.6) is 0 Å². The highest BCUT2D eigenvalue weighted by Gasteiger charge is 2.40. The number of pyridine rings is 1. The zero-order chi connectivity index (χ0) is 21.4. The van der Waals surface area contributed by atoms with Crippen LogP contribution in [0.1, 0.15) is 17.4 Å². The average Bonchev–Trinajstić information content (AvgIpc) is 2.80. The Balaban J connectivity index is 2.36. The van der Waals surface area contributed by atoms with E-state index in [1.165, 1.54) is 16.9 Å². The van der Waals surface area contributed by atoms with E-state index in [9.17, 15) is 30.8 Å². The van der Waals surface area contributed by atoms with Crippen LogP contribution in [0.3, 0.4) is 0 Å². The number of hydrogen-bond acceptors (Lipinski definition) is 4. The van der Waals surface area contributed by atoms with Crippen molar-refractivity contribution in [3.8, 4) is 0 Å².